The number of nitrogens with one attached hydrogen (secondary N) is 1. The molecule has 0 unspecified atom stereocenters. The molecule has 1 aromatic carbocycles. The fourth-order valence-electron chi connectivity index (χ4n) is 1.32. The average Bonchev–Trinajstić information content (AvgIpc) is 2.40. The van der Waals surface area contributed by atoms with E-state index in [-0.39, 0.29) is 6.02 Å². The smallest absolute Gasteiger partial charge is 0.378 e. The maximum Gasteiger partial charge on any atom is 0.378 e. The molecule has 0 amide bonds. The zero-order valence-corrected chi connectivity index (χ0v) is 9.75. The fourth-order valence-corrected chi connectivity index (χ4v) is 1.32. The molecule has 0 atom stereocenters. The topological polar surface area (TPSA) is 50.9 Å². The van der Waals surface area contributed by atoms with Crippen molar-refractivity contribution in [3.63, 3.8) is 0 Å². The Bertz CT molecular complexity index is 622. The van der Waals surface area contributed by atoms with Crippen molar-refractivity contribution < 1.29 is 9.13 Å². The van der Waals surface area contributed by atoms with E-state index in [1.165, 1.54) is 18.3 Å². The lowest BCUT2D eigenvalue weighted by Gasteiger charge is -2.07. The van der Waals surface area contributed by atoms with Crippen LogP contribution in [0.1, 0.15) is 0 Å². The molecule has 0 saturated carbocycles. The Morgan fingerprint density at radius 3 is 2.79 bits per heavy atom. The number of halogens is 1. The van der Waals surface area contributed by atoms with Crippen LogP contribution < -0.4 is 10.1 Å². The van der Waals surface area contributed by atoms with Crippen LogP contribution in [0.15, 0.2) is 53.8 Å². The highest BCUT2D eigenvalue weighted by Crippen LogP contribution is 2.12. The second-order valence-corrected chi connectivity index (χ2v) is 3.41. The van der Waals surface area contributed by atoms with E-state index in [0.29, 0.717) is 11.4 Å². The van der Waals surface area contributed by atoms with Crippen molar-refractivity contribution in [1.82, 2.24) is 4.98 Å². The number of para-hydroxylation sites is 1. The summed E-state index contributed by atoms with van der Waals surface area (Å²) < 4.78 is 18.3. The third-order valence-corrected chi connectivity index (χ3v) is 2.08. The predicted octanol–water partition coefficient (Wildman–Crippen LogP) is 2.90. The van der Waals surface area contributed by atoms with Crippen molar-refractivity contribution in [2.75, 3.05) is 5.32 Å². The molecule has 0 aliphatic heterocycles. The molecule has 0 aliphatic carbocycles. The summed E-state index contributed by atoms with van der Waals surface area (Å²) in [5.74, 6) is -0.112. The van der Waals surface area contributed by atoms with Gasteiger partial charge in [0.25, 0.3) is 0 Å². The number of anilines is 1. The molecular formula is C13H9FN4O. The SMILES string of the molecule is [C-]#[N+]/N=C(/Nc1ccnc(F)c1)Oc1ccccc1. The maximum absolute atomic E-state index is 12.9. The third kappa shape index (κ3) is 3.78. The lowest BCUT2D eigenvalue weighted by Crippen LogP contribution is -2.19. The summed E-state index contributed by atoms with van der Waals surface area (Å²) in [4.78, 5) is 6.32. The first-order valence-electron chi connectivity index (χ1n) is 5.34. The molecule has 0 bridgehead atoms. The highest BCUT2D eigenvalue weighted by atomic mass is 19.1. The van der Waals surface area contributed by atoms with Gasteiger partial charge in [0.1, 0.15) is 10.9 Å². The van der Waals surface area contributed by atoms with Crippen molar-refractivity contribution in [2.45, 2.75) is 0 Å². The molecule has 0 spiro atoms. The largest absolute Gasteiger partial charge is 0.421 e. The standard InChI is InChI=1S/C13H9FN4O/c1-15-18-13(19-11-5-3-2-4-6-11)17-10-7-8-16-12(14)9-10/h2-9H,(H,16,17,18). The summed E-state index contributed by atoms with van der Waals surface area (Å²) in [6.45, 7) is 6.74. The average molecular weight is 256 g/mol. The first-order valence-corrected chi connectivity index (χ1v) is 5.34. The number of benzene rings is 1. The van der Waals surface area contributed by atoms with Gasteiger partial charge in [-0.3, -0.25) is 0 Å². The number of rotatable bonds is 2. The number of hydrogen-bond donors (Lipinski definition) is 1. The molecule has 0 saturated heterocycles. The summed E-state index contributed by atoms with van der Waals surface area (Å²) in [5, 5.41) is 6.18. The Hall–Kier alpha value is -2.94. The quantitative estimate of drug-likeness (QED) is 0.295. The molecule has 2 aromatic rings. The lowest BCUT2D eigenvalue weighted by atomic mass is 10.3. The van der Waals surface area contributed by atoms with Gasteiger partial charge in [-0.25, -0.2) is 4.98 Å². The highest BCUT2D eigenvalue weighted by molar-refractivity contribution is 5.90. The van der Waals surface area contributed by atoms with Crippen LogP contribution in [0.4, 0.5) is 10.1 Å². The van der Waals surface area contributed by atoms with Crippen LogP contribution in [0.25, 0.3) is 4.95 Å². The molecule has 0 radical (unpaired) electrons. The van der Waals surface area contributed by atoms with Crippen LogP contribution in [0.5, 0.6) is 5.75 Å². The van der Waals surface area contributed by atoms with Crippen molar-refractivity contribution in [3.8, 4) is 5.75 Å². The van der Waals surface area contributed by atoms with Crippen LogP contribution in [-0.2, 0) is 0 Å². The monoisotopic (exact) mass is 256 g/mol. The lowest BCUT2D eigenvalue weighted by molar-refractivity contribution is 0.548. The van der Waals surface area contributed by atoms with E-state index in [1.54, 1.807) is 24.3 Å². The Morgan fingerprint density at radius 2 is 2.11 bits per heavy atom. The van der Waals surface area contributed by atoms with Gasteiger partial charge in [0.2, 0.25) is 5.95 Å². The summed E-state index contributed by atoms with van der Waals surface area (Å²) in [6, 6.07) is 11.5. The molecule has 1 N–H and O–H groups in total. The molecule has 19 heavy (non-hydrogen) atoms. The number of hydrogen-bond acceptors (Lipinski definition) is 3. The minimum atomic E-state index is -0.633. The third-order valence-electron chi connectivity index (χ3n) is 2.08. The van der Waals surface area contributed by atoms with Crippen molar-refractivity contribution in [1.29, 1.82) is 0 Å². The number of ether oxygens (including phenoxy) is 1. The molecule has 2 rings (SSSR count). The number of amidine groups is 1. The number of pyridine rings is 1. The van der Waals surface area contributed by atoms with E-state index in [1.807, 2.05) is 6.07 Å². The van der Waals surface area contributed by atoms with Crippen molar-refractivity contribution in [3.05, 3.63) is 66.1 Å². The summed E-state index contributed by atoms with van der Waals surface area (Å²) in [7, 11) is 0. The van der Waals surface area contributed by atoms with Gasteiger partial charge in [-0.1, -0.05) is 18.2 Å². The van der Waals surface area contributed by atoms with Gasteiger partial charge in [-0.05, 0) is 18.2 Å². The van der Waals surface area contributed by atoms with Crippen LogP contribution in [-0.4, -0.2) is 11.0 Å². The van der Waals surface area contributed by atoms with Crippen LogP contribution in [0.3, 0.4) is 0 Å². The molecule has 1 aromatic heterocycles. The van der Waals surface area contributed by atoms with Crippen molar-refractivity contribution in [2.24, 2.45) is 5.10 Å². The molecule has 5 nitrogen and oxygen atoms in total. The van der Waals surface area contributed by atoms with Crippen LogP contribution >= 0.6 is 0 Å². The fraction of sp³-hybridized carbons (Fsp3) is 0. The van der Waals surface area contributed by atoms with E-state index in [0.717, 1.165) is 0 Å². The molecule has 1 heterocycles. The predicted molar refractivity (Wildman–Crippen MR) is 68.9 cm³/mol. The second-order valence-electron chi connectivity index (χ2n) is 3.41. The number of aromatic nitrogens is 1. The summed E-state index contributed by atoms with van der Waals surface area (Å²) >= 11 is 0. The van der Waals surface area contributed by atoms with Gasteiger partial charge in [-0.15, -0.1) is 4.95 Å². The maximum atomic E-state index is 12.9. The van der Waals surface area contributed by atoms with E-state index >= 15 is 0 Å². The molecule has 94 valence electrons. The zero-order chi connectivity index (χ0) is 13.5. The Labute approximate surface area is 109 Å². The van der Waals surface area contributed by atoms with E-state index in [4.69, 9.17) is 11.3 Å². The van der Waals surface area contributed by atoms with E-state index in [9.17, 15) is 4.39 Å². The van der Waals surface area contributed by atoms with Crippen LogP contribution in [0, 0.1) is 12.5 Å². The Morgan fingerprint density at radius 1 is 1.32 bits per heavy atom. The van der Waals surface area contributed by atoms with E-state index < -0.39 is 5.95 Å². The summed E-state index contributed by atoms with van der Waals surface area (Å²) in [6.07, 6.45) is 1.30. The minimum absolute atomic E-state index is 0.0354. The first kappa shape index (κ1) is 12.5. The Balaban J connectivity index is 2.14. The molecule has 0 aliphatic rings. The van der Waals surface area contributed by atoms with E-state index in [2.05, 4.69) is 20.4 Å². The zero-order valence-electron chi connectivity index (χ0n) is 9.75. The molecule has 0 fully saturated rings. The highest BCUT2D eigenvalue weighted by Gasteiger charge is 2.07. The van der Waals surface area contributed by atoms with Crippen LogP contribution in [0.2, 0.25) is 0 Å². The van der Waals surface area contributed by atoms with Crippen molar-refractivity contribution >= 4 is 11.7 Å². The number of nitrogens with zero attached hydrogens (tertiary/aromatic N) is 3. The Kier molecular flexibility index (Phi) is 4.03. The summed E-state index contributed by atoms with van der Waals surface area (Å²) in [5.41, 5.74) is 0.394. The van der Waals surface area contributed by atoms with Gasteiger partial charge in [0, 0.05) is 18.0 Å². The molecular weight excluding hydrogens is 247 g/mol. The minimum Gasteiger partial charge on any atom is -0.421 e. The normalized spacial score (nSPS) is 10.6. The first-order chi connectivity index (χ1) is 9.28. The van der Waals surface area contributed by atoms with Gasteiger partial charge >= 0.3 is 6.02 Å². The van der Waals surface area contributed by atoms with Gasteiger partial charge in [0.15, 0.2) is 0 Å². The second kappa shape index (κ2) is 6.12. The van der Waals surface area contributed by atoms with Gasteiger partial charge < -0.3 is 10.1 Å². The molecule has 6 heteroatoms. The van der Waals surface area contributed by atoms with Gasteiger partial charge in [0.05, 0.1) is 0 Å². The van der Waals surface area contributed by atoms with Gasteiger partial charge in [-0.2, -0.15) is 11.0 Å².